The average molecular weight is 345 g/mol. The van der Waals surface area contributed by atoms with Gasteiger partial charge in [0, 0.05) is 19.8 Å². The van der Waals surface area contributed by atoms with Crippen LogP contribution in [0.2, 0.25) is 0 Å². The molecule has 0 spiro atoms. The van der Waals surface area contributed by atoms with Crippen molar-refractivity contribution in [3.05, 3.63) is 47.9 Å². The van der Waals surface area contributed by atoms with Gasteiger partial charge in [0.1, 0.15) is 17.3 Å². The van der Waals surface area contributed by atoms with Crippen LogP contribution in [0.1, 0.15) is 17.9 Å². The molecule has 1 aromatic heterocycles. The van der Waals surface area contributed by atoms with E-state index < -0.39 is 0 Å². The van der Waals surface area contributed by atoms with Gasteiger partial charge >= 0.3 is 6.03 Å². The van der Waals surface area contributed by atoms with Crippen molar-refractivity contribution in [3.8, 4) is 5.75 Å². The molecule has 25 heavy (non-hydrogen) atoms. The number of furan rings is 1. The number of nitrogens with zero attached hydrogens (tertiary/aromatic N) is 1. The number of rotatable bonds is 7. The Morgan fingerprint density at radius 1 is 1.16 bits per heavy atom. The number of carbonyl (C=O) groups is 2. The fraction of sp³-hybridized carbons (Fsp3) is 0.333. The molecule has 2 rings (SSSR count). The monoisotopic (exact) mass is 345 g/mol. The van der Waals surface area contributed by atoms with Crippen molar-refractivity contribution in [2.45, 2.75) is 19.9 Å². The van der Waals surface area contributed by atoms with Gasteiger partial charge in [-0.1, -0.05) is 0 Å². The van der Waals surface area contributed by atoms with Crippen LogP contribution in [0.25, 0.3) is 0 Å². The van der Waals surface area contributed by atoms with Crippen molar-refractivity contribution in [1.29, 1.82) is 0 Å². The Morgan fingerprint density at radius 2 is 1.88 bits per heavy atom. The number of anilines is 1. The molecule has 7 heteroatoms. The Balaban J connectivity index is 1.81. The number of carbonyl (C=O) groups excluding carboxylic acids is 2. The molecule has 0 fully saturated rings. The first-order valence-electron chi connectivity index (χ1n) is 7.99. The van der Waals surface area contributed by atoms with Crippen LogP contribution >= 0.6 is 0 Å². The Bertz CT molecular complexity index is 709. The summed E-state index contributed by atoms with van der Waals surface area (Å²) in [5.41, 5.74) is 0.658. The van der Waals surface area contributed by atoms with Gasteiger partial charge in [0.2, 0.25) is 5.91 Å². The second-order valence-corrected chi connectivity index (χ2v) is 5.59. The highest BCUT2D eigenvalue weighted by molar-refractivity contribution is 5.89. The maximum atomic E-state index is 12.2. The molecule has 3 amide bonds. The second-order valence-electron chi connectivity index (χ2n) is 5.59. The molecule has 1 heterocycles. The van der Waals surface area contributed by atoms with Crippen LogP contribution in [0.3, 0.4) is 0 Å². The summed E-state index contributed by atoms with van der Waals surface area (Å²) in [5, 5.41) is 5.34. The van der Waals surface area contributed by atoms with Crippen molar-refractivity contribution < 1.29 is 18.7 Å². The van der Waals surface area contributed by atoms with Crippen LogP contribution in [0.5, 0.6) is 5.75 Å². The standard InChI is InChI=1S/C18H23N3O4/c1-13-4-7-16(25-13)12-21(3)18(23)20-14-5-8-15(9-6-14)24-11-10-17(22)19-2/h4-9H,10-12H2,1-3H3,(H,19,22)(H,20,23). The van der Waals surface area contributed by atoms with Crippen molar-refractivity contribution in [1.82, 2.24) is 10.2 Å². The van der Waals surface area contributed by atoms with E-state index in [0.717, 1.165) is 11.5 Å². The quantitative estimate of drug-likeness (QED) is 0.808. The highest BCUT2D eigenvalue weighted by atomic mass is 16.5. The number of urea groups is 1. The lowest BCUT2D eigenvalue weighted by Gasteiger charge is -2.17. The van der Waals surface area contributed by atoms with Crippen LogP contribution in [-0.2, 0) is 11.3 Å². The molecule has 0 aliphatic carbocycles. The highest BCUT2D eigenvalue weighted by Gasteiger charge is 2.11. The minimum Gasteiger partial charge on any atom is -0.493 e. The number of nitrogens with one attached hydrogen (secondary N) is 2. The molecule has 0 saturated carbocycles. The molecular weight excluding hydrogens is 322 g/mol. The van der Waals surface area contributed by atoms with E-state index in [9.17, 15) is 9.59 Å². The third kappa shape index (κ3) is 5.87. The Kier molecular flexibility index (Phi) is 6.45. The molecule has 2 N–H and O–H groups in total. The summed E-state index contributed by atoms with van der Waals surface area (Å²) in [5.74, 6) is 2.12. The first kappa shape index (κ1) is 18.4. The van der Waals surface area contributed by atoms with E-state index in [2.05, 4.69) is 10.6 Å². The molecule has 0 bridgehead atoms. The lowest BCUT2D eigenvalue weighted by atomic mass is 10.3. The molecule has 0 atom stereocenters. The molecule has 0 aliphatic rings. The van der Waals surface area contributed by atoms with Gasteiger partial charge in [-0.05, 0) is 43.3 Å². The number of amides is 3. The van der Waals surface area contributed by atoms with E-state index in [1.54, 1.807) is 38.4 Å². The van der Waals surface area contributed by atoms with Crippen LogP contribution in [0.15, 0.2) is 40.8 Å². The third-order valence-corrected chi connectivity index (χ3v) is 3.52. The van der Waals surface area contributed by atoms with Gasteiger partial charge in [-0.25, -0.2) is 4.79 Å². The highest BCUT2D eigenvalue weighted by Crippen LogP contribution is 2.17. The molecule has 0 aliphatic heterocycles. The van der Waals surface area contributed by atoms with E-state index in [-0.39, 0.29) is 11.9 Å². The molecular formula is C18H23N3O4. The summed E-state index contributed by atoms with van der Waals surface area (Å²) in [7, 11) is 3.29. The predicted molar refractivity (Wildman–Crippen MR) is 94.6 cm³/mol. The van der Waals surface area contributed by atoms with Crippen molar-refractivity contribution in [2.24, 2.45) is 0 Å². The number of hydrogen-bond acceptors (Lipinski definition) is 4. The normalized spacial score (nSPS) is 10.2. The molecule has 1 aromatic carbocycles. The minimum absolute atomic E-state index is 0.0707. The lowest BCUT2D eigenvalue weighted by molar-refractivity contribution is -0.121. The van der Waals surface area contributed by atoms with Gasteiger partial charge in [0.05, 0.1) is 19.6 Å². The zero-order valence-corrected chi connectivity index (χ0v) is 14.7. The fourth-order valence-corrected chi connectivity index (χ4v) is 2.12. The molecule has 2 aromatic rings. The maximum Gasteiger partial charge on any atom is 0.321 e. The zero-order valence-electron chi connectivity index (χ0n) is 14.7. The zero-order chi connectivity index (χ0) is 18.2. The van der Waals surface area contributed by atoms with Crippen LogP contribution in [0.4, 0.5) is 10.5 Å². The van der Waals surface area contributed by atoms with Gasteiger partial charge < -0.3 is 24.7 Å². The van der Waals surface area contributed by atoms with Gasteiger partial charge in [0.25, 0.3) is 0 Å². The maximum absolute atomic E-state index is 12.2. The largest absolute Gasteiger partial charge is 0.493 e. The summed E-state index contributed by atoms with van der Waals surface area (Å²) >= 11 is 0. The number of benzene rings is 1. The Hall–Kier alpha value is -2.96. The van der Waals surface area contributed by atoms with E-state index in [1.807, 2.05) is 19.1 Å². The lowest BCUT2D eigenvalue weighted by Crippen LogP contribution is -2.30. The second kappa shape index (κ2) is 8.77. The van der Waals surface area contributed by atoms with Gasteiger partial charge in [-0.15, -0.1) is 0 Å². The SMILES string of the molecule is CNC(=O)CCOc1ccc(NC(=O)N(C)Cc2ccc(C)o2)cc1. The first-order chi connectivity index (χ1) is 12.0. The van der Waals surface area contributed by atoms with E-state index in [1.165, 1.54) is 4.90 Å². The van der Waals surface area contributed by atoms with Gasteiger partial charge in [-0.3, -0.25) is 4.79 Å². The van der Waals surface area contributed by atoms with Crippen molar-refractivity contribution in [2.75, 3.05) is 26.0 Å². The molecule has 0 unspecified atom stereocenters. The summed E-state index contributed by atoms with van der Waals surface area (Å²) in [6, 6.07) is 10.5. The fourth-order valence-electron chi connectivity index (χ4n) is 2.12. The smallest absolute Gasteiger partial charge is 0.321 e. The topological polar surface area (TPSA) is 83.8 Å². The Morgan fingerprint density at radius 3 is 2.48 bits per heavy atom. The predicted octanol–water partition coefficient (Wildman–Crippen LogP) is 2.77. The van der Waals surface area contributed by atoms with Crippen LogP contribution in [0, 0.1) is 6.92 Å². The Labute approximate surface area is 146 Å². The number of ether oxygens (including phenoxy) is 1. The van der Waals surface area contributed by atoms with E-state index in [4.69, 9.17) is 9.15 Å². The van der Waals surface area contributed by atoms with E-state index in [0.29, 0.717) is 31.0 Å². The molecule has 134 valence electrons. The van der Waals surface area contributed by atoms with Crippen molar-refractivity contribution in [3.63, 3.8) is 0 Å². The van der Waals surface area contributed by atoms with E-state index >= 15 is 0 Å². The van der Waals surface area contributed by atoms with Crippen LogP contribution in [-0.4, -0.2) is 37.5 Å². The molecule has 0 saturated heterocycles. The number of aryl methyl sites for hydroxylation is 1. The molecule has 7 nitrogen and oxygen atoms in total. The van der Waals surface area contributed by atoms with Gasteiger partial charge in [0.15, 0.2) is 0 Å². The summed E-state index contributed by atoms with van der Waals surface area (Å²) in [4.78, 5) is 24.8. The number of hydrogen-bond donors (Lipinski definition) is 2. The summed E-state index contributed by atoms with van der Waals surface area (Å²) < 4.78 is 10.9. The first-order valence-corrected chi connectivity index (χ1v) is 7.99. The summed E-state index contributed by atoms with van der Waals surface area (Å²) in [6.07, 6.45) is 0.298. The third-order valence-electron chi connectivity index (χ3n) is 3.52. The van der Waals surface area contributed by atoms with Gasteiger partial charge in [-0.2, -0.15) is 0 Å². The summed E-state index contributed by atoms with van der Waals surface area (Å²) in [6.45, 7) is 2.55. The van der Waals surface area contributed by atoms with Crippen molar-refractivity contribution >= 4 is 17.6 Å². The minimum atomic E-state index is -0.234. The molecule has 0 radical (unpaired) electrons. The van der Waals surface area contributed by atoms with Crippen LogP contribution < -0.4 is 15.4 Å². The average Bonchev–Trinajstić information content (AvgIpc) is 3.01.